The highest BCUT2D eigenvalue weighted by Crippen LogP contribution is 2.26. The normalized spacial score (nSPS) is 20.9. The monoisotopic (exact) mass is 369 g/mol. The van der Waals surface area contributed by atoms with E-state index in [1.165, 1.54) is 5.52 Å². The zero-order valence-electron chi connectivity index (χ0n) is 16.6. The van der Waals surface area contributed by atoms with E-state index in [9.17, 15) is 4.79 Å². The highest BCUT2D eigenvalue weighted by atomic mass is 16.5. The number of fused-ring (bicyclic) bond motifs is 1. The summed E-state index contributed by atoms with van der Waals surface area (Å²) in [6, 6.07) is 8.80. The molecule has 2 aliphatic rings. The third kappa shape index (κ3) is 3.76. The third-order valence-corrected chi connectivity index (χ3v) is 6.49. The van der Waals surface area contributed by atoms with Crippen molar-refractivity contribution >= 4 is 16.8 Å². The van der Waals surface area contributed by atoms with Crippen LogP contribution < -0.4 is 0 Å². The zero-order valence-corrected chi connectivity index (χ0v) is 16.6. The van der Waals surface area contributed by atoms with Gasteiger partial charge in [0.1, 0.15) is 0 Å². The van der Waals surface area contributed by atoms with Gasteiger partial charge in [0, 0.05) is 61.4 Å². The number of carbonyl (C=O) groups excluding carboxylic acids is 1. The van der Waals surface area contributed by atoms with Crippen molar-refractivity contribution in [3.8, 4) is 0 Å². The minimum atomic E-state index is 0.179. The van der Waals surface area contributed by atoms with Crippen LogP contribution in [0.1, 0.15) is 37.0 Å². The molecule has 1 aromatic carbocycles. The molecule has 4 rings (SSSR count). The van der Waals surface area contributed by atoms with Gasteiger partial charge in [-0.05, 0) is 56.9 Å². The molecular weight excluding hydrogens is 338 g/mol. The molecule has 0 saturated carbocycles. The predicted molar refractivity (Wildman–Crippen MR) is 108 cm³/mol. The Balaban J connectivity index is 1.38. The molecule has 0 N–H and O–H groups in total. The van der Waals surface area contributed by atoms with Crippen LogP contribution in [0.2, 0.25) is 0 Å². The average Bonchev–Trinajstić information content (AvgIpc) is 3.16. The molecule has 27 heavy (non-hydrogen) atoms. The second-order valence-electron chi connectivity index (χ2n) is 7.89. The first-order valence-corrected chi connectivity index (χ1v) is 10.4. The van der Waals surface area contributed by atoms with Crippen LogP contribution >= 0.6 is 0 Å². The van der Waals surface area contributed by atoms with E-state index in [4.69, 9.17) is 4.74 Å². The molecule has 5 heteroatoms. The van der Waals surface area contributed by atoms with E-state index in [2.05, 4.69) is 41.6 Å². The maximum absolute atomic E-state index is 13.0. The number of aryl methyl sites for hydroxylation is 1. The highest BCUT2D eigenvalue weighted by molar-refractivity contribution is 5.98. The van der Waals surface area contributed by atoms with E-state index in [0.717, 1.165) is 69.7 Å². The second-order valence-corrected chi connectivity index (χ2v) is 7.89. The summed E-state index contributed by atoms with van der Waals surface area (Å²) in [5.41, 5.74) is 2.02. The van der Waals surface area contributed by atoms with Gasteiger partial charge < -0.3 is 14.2 Å². The lowest BCUT2D eigenvalue weighted by molar-refractivity contribution is -0.000949. The van der Waals surface area contributed by atoms with Gasteiger partial charge in [-0.25, -0.2) is 0 Å². The van der Waals surface area contributed by atoms with Crippen LogP contribution in [-0.4, -0.2) is 65.7 Å². The molecule has 2 aliphatic heterocycles. The Morgan fingerprint density at radius 1 is 1.15 bits per heavy atom. The van der Waals surface area contributed by atoms with Gasteiger partial charge in [0.2, 0.25) is 0 Å². The molecule has 0 unspecified atom stereocenters. The SMILES string of the molecule is CCn1ccc2cc(C(=O)N3CCC([C@H](C)N4CCOCC4)CC3)ccc21. The number of amides is 1. The fourth-order valence-electron chi connectivity index (χ4n) is 4.66. The van der Waals surface area contributed by atoms with Gasteiger partial charge in [0.15, 0.2) is 0 Å². The molecule has 0 aliphatic carbocycles. The van der Waals surface area contributed by atoms with E-state index in [-0.39, 0.29) is 5.91 Å². The maximum atomic E-state index is 13.0. The van der Waals surface area contributed by atoms with Crippen LogP contribution in [-0.2, 0) is 11.3 Å². The Morgan fingerprint density at radius 2 is 1.89 bits per heavy atom. The van der Waals surface area contributed by atoms with Crippen molar-refractivity contribution in [2.45, 2.75) is 39.3 Å². The summed E-state index contributed by atoms with van der Waals surface area (Å²) in [6.07, 6.45) is 4.29. The number of likely N-dealkylation sites (tertiary alicyclic amines) is 1. The lowest BCUT2D eigenvalue weighted by Crippen LogP contribution is -2.49. The first-order valence-electron chi connectivity index (χ1n) is 10.4. The summed E-state index contributed by atoms with van der Waals surface area (Å²) < 4.78 is 7.69. The predicted octanol–water partition coefficient (Wildman–Crippen LogP) is 3.23. The Bertz CT molecular complexity index is 786. The molecule has 1 atom stereocenters. The number of carbonyl (C=O) groups is 1. The number of hydrogen-bond donors (Lipinski definition) is 0. The van der Waals surface area contributed by atoms with Crippen LogP contribution in [0, 0.1) is 5.92 Å². The van der Waals surface area contributed by atoms with Crippen molar-refractivity contribution in [2.75, 3.05) is 39.4 Å². The van der Waals surface area contributed by atoms with Gasteiger partial charge in [-0.3, -0.25) is 9.69 Å². The van der Waals surface area contributed by atoms with Gasteiger partial charge in [0.25, 0.3) is 5.91 Å². The Hall–Kier alpha value is -1.85. The van der Waals surface area contributed by atoms with Crippen LogP contribution in [0.15, 0.2) is 30.5 Å². The summed E-state index contributed by atoms with van der Waals surface area (Å²) in [5.74, 6) is 0.854. The Kier molecular flexibility index (Phi) is 5.50. The molecular formula is C22H31N3O2. The van der Waals surface area contributed by atoms with Gasteiger partial charge in [-0.1, -0.05) is 0 Å². The van der Waals surface area contributed by atoms with Crippen molar-refractivity contribution in [2.24, 2.45) is 5.92 Å². The fourth-order valence-corrected chi connectivity index (χ4v) is 4.66. The smallest absolute Gasteiger partial charge is 0.253 e. The largest absolute Gasteiger partial charge is 0.379 e. The summed E-state index contributed by atoms with van der Waals surface area (Å²) >= 11 is 0. The molecule has 0 radical (unpaired) electrons. The molecule has 0 bridgehead atoms. The molecule has 1 amide bonds. The molecule has 3 heterocycles. The first-order chi connectivity index (χ1) is 13.2. The van der Waals surface area contributed by atoms with Crippen molar-refractivity contribution in [1.82, 2.24) is 14.4 Å². The number of aromatic nitrogens is 1. The number of piperidine rings is 1. The first kappa shape index (κ1) is 18.5. The quantitative estimate of drug-likeness (QED) is 0.830. The van der Waals surface area contributed by atoms with Gasteiger partial charge in [0.05, 0.1) is 13.2 Å². The van der Waals surface area contributed by atoms with Crippen LogP contribution in [0.3, 0.4) is 0 Å². The van der Waals surface area contributed by atoms with Crippen LogP contribution in [0.5, 0.6) is 0 Å². The van der Waals surface area contributed by atoms with Gasteiger partial charge in [-0.15, -0.1) is 0 Å². The molecule has 2 saturated heterocycles. The third-order valence-electron chi connectivity index (χ3n) is 6.49. The van der Waals surface area contributed by atoms with E-state index in [1.54, 1.807) is 0 Å². The van der Waals surface area contributed by atoms with Crippen molar-refractivity contribution in [3.05, 3.63) is 36.0 Å². The lowest BCUT2D eigenvalue weighted by atomic mass is 9.89. The Morgan fingerprint density at radius 3 is 2.59 bits per heavy atom. The number of rotatable bonds is 4. The number of nitrogens with zero attached hydrogens (tertiary/aromatic N) is 3. The number of benzene rings is 1. The molecule has 1 aromatic heterocycles. The summed E-state index contributed by atoms with van der Waals surface area (Å²) in [6.45, 7) is 11.0. The number of ether oxygens (including phenoxy) is 1. The molecule has 0 spiro atoms. The van der Waals surface area contributed by atoms with E-state index < -0.39 is 0 Å². The van der Waals surface area contributed by atoms with E-state index in [1.807, 2.05) is 17.0 Å². The number of hydrogen-bond acceptors (Lipinski definition) is 3. The molecule has 5 nitrogen and oxygen atoms in total. The Labute approximate surface area is 161 Å². The summed E-state index contributed by atoms with van der Waals surface area (Å²) in [7, 11) is 0. The van der Waals surface area contributed by atoms with E-state index in [0.29, 0.717) is 12.0 Å². The van der Waals surface area contributed by atoms with Crippen LogP contribution in [0.25, 0.3) is 10.9 Å². The van der Waals surface area contributed by atoms with E-state index >= 15 is 0 Å². The number of morpholine rings is 1. The molecule has 2 fully saturated rings. The zero-order chi connectivity index (χ0) is 18.8. The fraction of sp³-hybridized carbons (Fsp3) is 0.591. The molecule has 2 aromatic rings. The van der Waals surface area contributed by atoms with Crippen LogP contribution in [0.4, 0.5) is 0 Å². The van der Waals surface area contributed by atoms with Gasteiger partial charge >= 0.3 is 0 Å². The van der Waals surface area contributed by atoms with Crippen molar-refractivity contribution < 1.29 is 9.53 Å². The minimum Gasteiger partial charge on any atom is -0.379 e. The highest BCUT2D eigenvalue weighted by Gasteiger charge is 2.30. The topological polar surface area (TPSA) is 37.7 Å². The lowest BCUT2D eigenvalue weighted by Gasteiger charge is -2.41. The van der Waals surface area contributed by atoms with Crippen molar-refractivity contribution in [3.63, 3.8) is 0 Å². The summed E-state index contributed by atoms with van der Waals surface area (Å²) in [4.78, 5) is 17.6. The second kappa shape index (κ2) is 8.03. The van der Waals surface area contributed by atoms with Crippen molar-refractivity contribution in [1.29, 1.82) is 0 Å². The van der Waals surface area contributed by atoms with Gasteiger partial charge in [-0.2, -0.15) is 0 Å². The average molecular weight is 370 g/mol. The maximum Gasteiger partial charge on any atom is 0.253 e. The molecule has 146 valence electrons. The summed E-state index contributed by atoms with van der Waals surface area (Å²) in [5, 5.41) is 1.15. The minimum absolute atomic E-state index is 0.179. The standard InChI is InChI=1S/C22H31N3O2/c1-3-23-9-8-19-16-20(4-5-21(19)23)22(26)25-10-6-18(7-11-25)17(2)24-12-14-27-15-13-24/h4-5,8-9,16-18H,3,6-7,10-15H2,1-2H3/t17-/m0/s1.